The minimum Gasteiger partial charge on any atom is -0.352 e. The lowest BCUT2D eigenvalue weighted by Gasteiger charge is -2.34. The SMILES string of the molecule is Cc1ccc(N(CC(=O)N(Cc2ccc(Cl)cc2Cl)[C@@H](Cc2ccccc2)C(=O)NC2CCCC2)S(=O)(=O)c2ccc(Cl)cc2)cc1. The smallest absolute Gasteiger partial charge is 0.264 e. The van der Waals surface area contributed by atoms with Crippen molar-refractivity contribution in [2.45, 2.75) is 62.6 Å². The maximum atomic E-state index is 14.6. The summed E-state index contributed by atoms with van der Waals surface area (Å²) < 4.78 is 29.4. The number of anilines is 1. The maximum absolute atomic E-state index is 14.6. The number of halogens is 3. The highest BCUT2D eigenvalue weighted by Crippen LogP contribution is 2.28. The molecule has 0 spiro atoms. The van der Waals surface area contributed by atoms with Crippen LogP contribution in [0.3, 0.4) is 0 Å². The van der Waals surface area contributed by atoms with E-state index in [0.717, 1.165) is 41.1 Å². The Morgan fingerprint density at radius 1 is 0.851 bits per heavy atom. The van der Waals surface area contributed by atoms with E-state index >= 15 is 0 Å². The van der Waals surface area contributed by atoms with E-state index in [9.17, 15) is 18.0 Å². The highest BCUT2D eigenvalue weighted by Gasteiger charge is 2.36. The number of nitrogens with one attached hydrogen (secondary N) is 1. The van der Waals surface area contributed by atoms with Gasteiger partial charge in [-0.25, -0.2) is 8.42 Å². The van der Waals surface area contributed by atoms with Gasteiger partial charge in [-0.15, -0.1) is 0 Å². The first-order valence-corrected chi connectivity index (χ1v) is 18.0. The average Bonchev–Trinajstić information content (AvgIpc) is 3.56. The van der Waals surface area contributed by atoms with E-state index in [1.165, 1.54) is 29.2 Å². The van der Waals surface area contributed by atoms with Crippen molar-refractivity contribution in [2.75, 3.05) is 10.8 Å². The molecule has 4 aromatic rings. The van der Waals surface area contributed by atoms with Crippen LogP contribution in [-0.2, 0) is 32.6 Å². The van der Waals surface area contributed by atoms with Gasteiger partial charge in [0.05, 0.1) is 10.6 Å². The van der Waals surface area contributed by atoms with Gasteiger partial charge in [-0.1, -0.05) is 102 Å². The number of aryl methyl sites for hydroxylation is 1. The zero-order valence-corrected chi connectivity index (χ0v) is 29.0. The standard InChI is InChI=1S/C36H36Cl3N3O4S/c1-25-11-17-31(18-12-25)42(47(45,46)32-19-15-28(37)16-20-32)24-35(43)41(23-27-13-14-29(38)22-33(27)39)34(21-26-7-3-2-4-8-26)36(44)40-30-9-5-6-10-30/h2-4,7-8,11-20,22,30,34H,5-6,9-10,21,23-24H2,1H3,(H,40,44)/t34-/m0/s1. The molecular weight excluding hydrogens is 677 g/mol. The normalized spacial score (nSPS) is 14.0. The molecule has 0 heterocycles. The third kappa shape index (κ3) is 8.87. The molecule has 0 bridgehead atoms. The first-order valence-electron chi connectivity index (χ1n) is 15.4. The molecule has 0 unspecified atom stereocenters. The van der Waals surface area contributed by atoms with Gasteiger partial charge in [-0.3, -0.25) is 13.9 Å². The highest BCUT2D eigenvalue weighted by molar-refractivity contribution is 7.92. The second-order valence-corrected chi connectivity index (χ2v) is 14.9. The quantitative estimate of drug-likeness (QED) is 0.162. The third-order valence-electron chi connectivity index (χ3n) is 8.33. The molecule has 0 saturated heterocycles. The van der Waals surface area contributed by atoms with E-state index in [-0.39, 0.29) is 29.8 Å². The summed E-state index contributed by atoms with van der Waals surface area (Å²) in [5.41, 5.74) is 2.65. The fourth-order valence-corrected chi connectivity index (χ4v) is 7.74. The van der Waals surface area contributed by atoms with Crippen LogP contribution in [0.15, 0.2) is 102 Å². The number of rotatable bonds is 12. The van der Waals surface area contributed by atoms with E-state index in [0.29, 0.717) is 26.3 Å². The molecule has 2 amide bonds. The molecule has 0 aliphatic heterocycles. The van der Waals surface area contributed by atoms with Gasteiger partial charge in [0.2, 0.25) is 11.8 Å². The molecule has 4 aromatic carbocycles. The van der Waals surface area contributed by atoms with Crippen LogP contribution in [0, 0.1) is 6.92 Å². The molecule has 0 radical (unpaired) electrons. The largest absolute Gasteiger partial charge is 0.352 e. The first kappa shape index (κ1) is 34.8. The van der Waals surface area contributed by atoms with E-state index in [2.05, 4.69) is 5.32 Å². The molecule has 1 fully saturated rings. The number of benzene rings is 4. The average molecular weight is 713 g/mol. The Labute approximate surface area is 291 Å². The predicted molar refractivity (Wildman–Crippen MR) is 189 cm³/mol. The number of hydrogen-bond acceptors (Lipinski definition) is 4. The number of carbonyl (C=O) groups excluding carboxylic acids is 2. The van der Waals surface area contributed by atoms with Crippen LogP contribution < -0.4 is 9.62 Å². The second kappa shape index (κ2) is 15.6. The van der Waals surface area contributed by atoms with Crippen LogP contribution in [0.1, 0.15) is 42.4 Å². The van der Waals surface area contributed by atoms with Gasteiger partial charge in [0.25, 0.3) is 10.0 Å². The fraction of sp³-hybridized carbons (Fsp3) is 0.278. The maximum Gasteiger partial charge on any atom is 0.264 e. The number of sulfonamides is 1. The Morgan fingerprint density at radius 2 is 1.49 bits per heavy atom. The topological polar surface area (TPSA) is 86.8 Å². The number of hydrogen-bond donors (Lipinski definition) is 1. The molecule has 1 aliphatic rings. The Kier molecular flexibility index (Phi) is 11.5. The second-order valence-electron chi connectivity index (χ2n) is 11.8. The third-order valence-corrected chi connectivity index (χ3v) is 11.0. The van der Waals surface area contributed by atoms with E-state index in [4.69, 9.17) is 34.8 Å². The summed E-state index contributed by atoms with van der Waals surface area (Å²) in [6.07, 6.45) is 3.98. The van der Waals surface area contributed by atoms with Crippen molar-refractivity contribution in [1.82, 2.24) is 10.2 Å². The lowest BCUT2D eigenvalue weighted by molar-refractivity contribution is -0.140. The van der Waals surface area contributed by atoms with Crippen LogP contribution in [0.5, 0.6) is 0 Å². The van der Waals surface area contributed by atoms with Crippen molar-refractivity contribution >= 4 is 62.3 Å². The van der Waals surface area contributed by atoms with Crippen molar-refractivity contribution < 1.29 is 18.0 Å². The van der Waals surface area contributed by atoms with E-state index in [1.54, 1.807) is 42.5 Å². The molecule has 1 aliphatic carbocycles. The monoisotopic (exact) mass is 711 g/mol. The number of amides is 2. The van der Waals surface area contributed by atoms with Crippen LogP contribution in [0.2, 0.25) is 15.1 Å². The summed E-state index contributed by atoms with van der Waals surface area (Å²) in [4.78, 5) is 30.2. The Morgan fingerprint density at radius 3 is 2.13 bits per heavy atom. The van der Waals surface area contributed by atoms with Crippen LogP contribution in [0.25, 0.3) is 0 Å². The summed E-state index contributed by atoms with van der Waals surface area (Å²) in [6, 6.07) is 26.1. The molecule has 1 atom stereocenters. The van der Waals surface area contributed by atoms with Crippen molar-refractivity contribution in [3.63, 3.8) is 0 Å². The minimum atomic E-state index is -4.24. The van der Waals surface area contributed by atoms with Crippen LogP contribution in [0.4, 0.5) is 5.69 Å². The van der Waals surface area contributed by atoms with Gasteiger partial charge < -0.3 is 10.2 Å². The van der Waals surface area contributed by atoms with Crippen molar-refractivity contribution in [3.8, 4) is 0 Å². The van der Waals surface area contributed by atoms with Crippen molar-refractivity contribution in [3.05, 3.63) is 129 Å². The predicted octanol–water partition coefficient (Wildman–Crippen LogP) is 7.85. The van der Waals surface area contributed by atoms with Gasteiger partial charge >= 0.3 is 0 Å². The number of nitrogens with zero attached hydrogens (tertiary/aromatic N) is 2. The molecule has 11 heteroatoms. The zero-order valence-electron chi connectivity index (χ0n) is 25.9. The van der Waals surface area contributed by atoms with Crippen LogP contribution in [-0.4, -0.2) is 43.8 Å². The number of carbonyl (C=O) groups is 2. The summed E-state index contributed by atoms with van der Waals surface area (Å²) in [7, 11) is -4.24. The minimum absolute atomic E-state index is 0.00573. The van der Waals surface area contributed by atoms with E-state index in [1.807, 2.05) is 37.3 Å². The molecule has 246 valence electrons. The van der Waals surface area contributed by atoms with Gasteiger partial charge in [0.15, 0.2) is 0 Å². The fourth-order valence-electron chi connectivity index (χ4n) is 5.73. The van der Waals surface area contributed by atoms with Gasteiger partial charge in [0, 0.05) is 34.1 Å². The molecular formula is C36H36Cl3N3O4S. The van der Waals surface area contributed by atoms with Gasteiger partial charge in [-0.2, -0.15) is 0 Å². The molecule has 47 heavy (non-hydrogen) atoms. The first-order chi connectivity index (χ1) is 22.5. The molecule has 0 aromatic heterocycles. The molecule has 1 saturated carbocycles. The summed E-state index contributed by atoms with van der Waals surface area (Å²) in [5.74, 6) is -0.877. The van der Waals surface area contributed by atoms with Crippen LogP contribution >= 0.6 is 34.8 Å². The lowest BCUT2D eigenvalue weighted by atomic mass is 10.0. The molecule has 5 rings (SSSR count). The Balaban J connectivity index is 1.58. The zero-order chi connectivity index (χ0) is 33.6. The van der Waals surface area contributed by atoms with Gasteiger partial charge in [-0.05, 0) is 79.4 Å². The summed E-state index contributed by atoms with van der Waals surface area (Å²) in [5, 5.41) is 4.30. The molecule has 7 nitrogen and oxygen atoms in total. The van der Waals surface area contributed by atoms with Crippen molar-refractivity contribution in [2.24, 2.45) is 0 Å². The summed E-state index contributed by atoms with van der Waals surface area (Å²) >= 11 is 18.9. The summed E-state index contributed by atoms with van der Waals surface area (Å²) in [6.45, 7) is 1.27. The van der Waals surface area contributed by atoms with Crippen molar-refractivity contribution in [1.29, 1.82) is 0 Å². The van der Waals surface area contributed by atoms with E-state index < -0.39 is 28.5 Å². The lowest BCUT2D eigenvalue weighted by Crippen LogP contribution is -2.54. The molecule has 1 N–H and O–H groups in total. The van der Waals surface area contributed by atoms with Gasteiger partial charge in [0.1, 0.15) is 12.6 Å². The highest BCUT2D eigenvalue weighted by atomic mass is 35.5. The Bertz CT molecular complexity index is 1800. The Hall–Kier alpha value is -3.56.